The molecule has 15 heteroatoms. The van der Waals surface area contributed by atoms with Gasteiger partial charge in [-0.15, -0.1) is 0 Å². The lowest BCUT2D eigenvalue weighted by atomic mass is 9.94. The Hall–Kier alpha value is -4.29. The summed E-state index contributed by atoms with van der Waals surface area (Å²) < 4.78 is 33.5. The highest BCUT2D eigenvalue weighted by Crippen LogP contribution is 2.27. The van der Waals surface area contributed by atoms with Crippen molar-refractivity contribution >= 4 is 28.9 Å². The van der Waals surface area contributed by atoms with Gasteiger partial charge in [0.2, 0.25) is 5.82 Å². The number of amides is 1. The van der Waals surface area contributed by atoms with Gasteiger partial charge in [-0.1, -0.05) is 31.4 Å². The minimum absolute atomic E-state index is 0.0406. The number of benzene rings is 1. The van der Waals surface area contributed by atoms with Gasteiger partial charge in [0.1, 0.15) is 6.07 Å². The van der Waals surface area contributed by atoms with Crippen LogP contribution in [0.3, 0.4) is 0 Å². The van der Waals surface area contributed by atoms with E-state index < -0.39 is 12.1 Å². The van der Waals surface area contributed by atoms with E-state index in [4.69, 9.17) is 9.90 Å². The third-order valence-electron chi connectivity index (χ3n) is 8.49. The number of nitrogens with zero attached hydrogens (tertiary/aromatic N) is 8. The lowest BCUT2D eigenvalue weighted by Gasteiger charge is -2.44. The first-order chi connectivity index (χ1) is 21.5. The summed E-state index contributed by atoms with van der Waals surface area (Å²) in [5, 5.41) is 18.3. The summed E-state index contributed by atoms with van der Waals surface area (Å²) in [6.07, 6.45) is 4.41. The summed E-state index contributed by atoms with van der Waals surface area (Å²) in [4.78, 5) is 40.9. The van der Waals surface area contributed by atoms with Crippen LogP contribution in [0.15, 0.2) is 30.6 Å². The monoisotopic (exact) mass is 627 g/mol. The quantitative estimate of drug-likeness (QED) is 0.370. The Bertz CT molecular complexity index is 1540. The third-order valence-corrected chi connectivity index (χ3v) is 8.49. The number of hydrogen-bond donors (Lipinski definition) is 2. The van der Waals surface area contributed by atoms with Crippen LogP contribution in [-0.4, -0.2) is 95.7 Å². The molecule has 45 heavy (non-hydrogen) atoms. The predicted octanol–water partition coefficient (Wildman–Crippen LogP) is 3.95. The number of nitriles is 1. The first kappa shape index (κ1) is 32.1. The molecule has 2 N–H and O–H groups in total. The Morgan fingerprint density at radius 3 is 2.31 bits per heavy atom. The molecule has 1 saturated carbocycles. The summed E-state index contributed by atoms with van der Waals surface area (Å²) in [5.74, 6) is -2.43. The highest BCUT2D eigenvalue weighted by molar-refractivity contribution is 5.96. The molecule has 0 bridgehead atoms. The second-order valence-corrected chi connectivity index (χ2v) is 11.7. The van der Waals surface area contributed by atoms with Crippen molar-refractivity contribution < 1.29 is 27.9 Å². The van der Waals surface area contributed by atoms with Crippen LogP contribution in [0.25, 0.3) is 11.2 Å². The molecule has 3 aromatic rings. The van der Waals surface area contributed by atoms with Gasteiger partial charge < -0.3 is 9.67 Å². The first-order valence-electron chi connectivity index (χ1n) is 15.1. The molecule has 240 valence electrons. The minimum Gasteiger partial charge on any atom is -0.475 e. The van der Waals surface area contributed by atoms with Crippen LogP contribution in [-0.2, 0) is 18.4 Å². The number of aromatic nitrogens is 4. The summed E-state index contributed by atoms with van der Waals surface area (Å²) in [6, 6.07) is 10.8. The van der Waals surface area contributed by atoms with Gasteiger partial charge in [-0.25, -0.2) is 14.8 Å². The molecule has 1 aliphatic carbocycles. The van der Waals surface area contributed by atoms with Gasteiger partial charge in [-0.05, 0) is 56.5 Å². The van der Waals surface area contributed by atoms with E-state index in [0.29, 0.717) is 28.6 Å². The number of aryl methyl sites for hydroxylation is 1. The van der Waals surface area contributed by atoms with Gasteiger partial charge in [-0.3, -0.25) is 20.0 Å². The lowest BCUT2D eigenvalue weighted by Crippen LogP contribution is -2.58. The molecule has 0 radical (unpaired) electrons. The number of likely N-dealkylation sites (tertiary alicyclic amines) is 2. The molecule has 0 atom stereocenters. The average molecular weight is 628 g/mol. The Morgan fingerprint density at radius 2 is 1.71 bits per heavy atom. The molecule has 3 fully saturated rings. The van der Waals surface area contributed by atoms with Crippen molar-refractivity contribution in [2.45, 2.75) is 69.8 Å². The van der Waals surface area contributed by atoms with Crippen molar-refractivity contribution in [3.8, 4) is 6.07 Å². The number of anilines is 1. The fraction of sp³-hybridized carbons (Fsp3) is 0.533. The van der Waals surface area contributed by atoms with Crippen LogP contribution >= 0.6 is 0 Å². The smallest absolute Gasteiger partial charge is 0.475 e. The minimum atomic E-state index is -5.08. The number of carboxylic acid groups (broad SMARTS) is 1. The Morgan fingerprint density at radius 1 is 1.07 bits per heavy atom. The topological polar surface area (TPSA) is 144 Å². The SMILES string of the molecule is Cn1cnc2c(NN(C(=O)c3ccc(CN4CC(N5CCCC5)C4)cc3)C3CCCCC3)nc(C#N)nc21.O=C(O)C(F)(F)F. The number of rotatable bonds is 7. The Kier molecular flexibility index (Phi) is 9.83. The second-order valence-electron chi connectivity index (χ2n) is 11.7. The summed E-state index contributed by atoms with van der Waals surface area (Å²) in [6.45, 7) is 5.68. The van der Waals surface area contributed by atoms with Gasteiger partial charge in [0.15, 0.2) is 17.0 Å². The number of alkyl halides is 3. The van der Waals surface area contributed by atoms with Crippen LogP contribution in [0.1, 0.15) is 66.7 Å². The number of hydrazine groups is 1. The van der Waals surface area contributed by atoms with Crippen LogP contribution < -0.4 is 5.43 Å². The molecule has 0 spiro atoms. The van der Waals surface area contributed by atoms with Crippen molar-refractivity contribution in [3.63, 3.8) is 0 Å². The number of hydrogen-bond acceptors (Lipinski definition) is 9. The lowest BCUT2D eigenvalue weighted by molar-refractivity contribution is -0.192. The van der Waals surface area contributed by atoms with E-state index in [-0.39, 0.29) is 17.8 Å². The molecule has 0 unspecified atom stereocenters. The van der Waals surface area contributed by atoms with Crippen LogP contribution in [0.5, 0.6) is 0 Å². The molecule has 2 aromatic heterocycles. The predicted molar refractivity (Wildman–Crippen MR) is 158 cm³/mol. The largest absolute Gasteiger partial charge is 0.490 e. The Labute approximate surface area is 258 Å². The number of carbonyl (C=O) groups is 2. The summed E-state index contributed by atoms with van der Waals surface area (Å²) in [5.41, 5.74) is 6.22. The fourth-order valence-electron chi connectivity index (χ4n) is 6.06. The zero-order valence-electron chi connectivity index (χ0n) is 25.0. The fourth-order valence-corrected chi connectivity index (χ4v) is 6.06. The normalized spacial score (nSPS) is 18.1. The van der Waals surface area contributed by atoms with Crippen LogP contribution in [0.2, 0.25) is 0 Å². The van der Waals surface area contributed by atoms with Crippen molar-refractivity contribution in [1.29, 1.82) is 5.26 Å². The van der Waals surface area contributed by atoms with Crippen molar-refractivity contribution in [1.82, 2.24) is 34.3 Å². The number of halogens is 3. The number of carboxylic acids is 1. The number of carbonyl (C=O) groups excluding carboxylic acids is 1. The molecule has 4 heterocycles. The van der Waals surface area contributed by atoms with Crippen molar-refractivity contribution in [2.24, 2.45) is 7.05 Å². The van der Waals surface area contributed by atoms with Crippen LogP contribution in [0, 0.1) is 11.3 Å². The van der Waals surface area contributed by atoms with E-state index in [1.165, 1.54) is 37.9 Å². The zero-order valence-corrected chi connectivity index (χ0v) is 25.0. The molecule has 12 nitrogen and oxygen atoms in total. The van der Waals surface area contributed by atoms with E-state index in [0.717, 1.165) is 45.3 Å². The number of fused-ring (bicyclic) bond motifs is 1. The molecular formula is C30H36F3N9O3. The molecular weight excluding hydrogens is 591 g/mol. The molecule has 2 saturated heterocycles. The van der Waals surface area contributed by atoms with Gasteiger partial charge in [-0.2, -0.15) is 28.4 Å². The number of nitrogens with one attached hydrogen (secondary N) is 1. The van der Waals surface area contributed by atoms with Gasteiger partial charge in [0, 0.05) is 38.3 Å². The zero-order chi connectivity index (χ0) is 32.1. The van der Waals surface area contributed by atoms with Crippen molar-refractivity contribution in [3.05, 3.63) is 47.5 Å². The maximum atomic E-state index is 13.8. The van der Waals surface area contributed by atoms with E-state index in [2.05, 4.69) is 42.3 Å². The summed E-state index contributed by atoms with van der Waals surface area (Å²) >= 11 is 0. The Balaban J connectivity index is 0.000000515. The molecule has 2 aliphatic heterocycles. The maximum absolute atomic E-state index is 13.8. The van der Waals surface area contributed by atoms with Crippen molar-refractivity contribution in [2.75, 3.05) is 31.6 Å². The molecule has 6 rings (SSSR count). The van der Waals surface area contributed by atoms with Gasteiger partial charge in [0.25, 0.3) is 5.91 Å². The number of imidazole rings is 1. The highest BCUT2D eigenvalue weighted by Gasteiger charge is 2.38. The van der Waals surface area contributed by atoms with E-state index >= 15 is 0 Å². The van der Waals surface area contributed by atoms with E-state index in [1.54, 1.807) is 15.9 Å². The first-order valence-corrected chi connectivity index (χ1v) is 15.1. The van der Waals surface area contributed by atoms with Gasteiger partial charge >= 0.3 is 12.1 Å². The van der Waals surface area contributed by atoms with Crippen LogP contribution in [0.4, 0.5) is 19.0 Å². The third kappa shape index (κ3) is 7.69. The molecule has 1 amide bonds. The average Bonchev–Trinajstić information content (AvgIpc) is 3.68. The van der Waals surface area contributed by atoms with E-state index in [9.17, 15) is 23.2 Å². The van der Waals surface area contributed by atoms with Gasteiger partial charge in [0.05, 0.1) is 12.4 Å². The molecule has 3 aliphatic rings. The number of aliphatic carboxylic acids is 1. The molecule has 1 aromatic carbocycles. The van der Waals surface area contributed by atoms with E-state index in [1.807, 2.05) is 25.2 Å². The standard InChI is InChI=1S/C28H35N9O.C2HF3O2/c1-34-19-30-25-26(31-24(15-29)32-27(25)34)33-37(22-7-3-2-4-8-22)28(38)21-11-9-20(10-12-21)16-35-17-23(18-35)36-13-5-6-14-36;3-2(4,5)1(6)7/h9-12,19,22-23H,2-8,13-14,16-18H2,1H3,(H,31,32,33);(H,6,7). The maximum Gasteiger partial charge on any atom is 0.490 e. The second kappa shape index (κ2) is 13.8. The highest BCUT2D eigenvalue weighted by atomic mass is 19.4. The summed E-state index contributed by atoms with van der Waals surface area (Å²) in [7, 11) is 1.83.